The topological polar surface area (TPSA) is 81.8 Å². The Labute approximate surface area is 222 Å². The minimum Gasteiger partial charge on any atom is -0.478 e. The van der Waals surface area contributed by atoms with Crippen molar-refractivity contribution in [3.63, 3.8) is 0 Å². The second kappa shape index (κ2) is 12.0. The quantitative estimate of drug-likeness (QED) is 0.101. The van der Waals surface area contributed by atoms with Gasteiger partial charge in [-0.1, -0.05) is 66.7 Å². The first kappa shape index (κ1) is 26.3. The minimum atomic E-state index is -2.87. The van der Waals surface area contributed by atoms with Gasteiger partial charge in [0.1, 0.15) is 23.2 Å². The fraction of sp³-hybridized carbons (Fsp3) is 0.100. The molecule has 0 radical (unpaired) electrons. The first-order chi connectivity index (χ1) is 18.0. The van der Waals surface area contributed by atoms with Crippen LogP contribution in [0.3, 0.4) is 0 Å². The lowest BCUT2D eigenvalue weighted by atomic mass is 10.3. The van der Waals surface area contributed by atoms with Gasteiger partial charge in [0, 0.05) is 10.6 Å². The van der Waals surface area contributed by atoms with Gasteiger partial charge < -0.3 is 20.3 Å². The van der Waals surface area contributed by atoms with Crippen LogP contribution in [0.25, 0.3) is 0 Å². The van der Waals surface area contributed by atoms with Crippen molar-refractivity contribution in [2.24, 2.45) is 0 Å². The van der Waals surface area contributed by atoms with Crippen molar-refractivity contribution in [1.29, 1.82) is 0 Å². The maximum atomic E-state index is 13.6. The highest BCUT2D eigenvalue weighted by molar-refractivity contribution is 8.04. The van der Waals surface area contributed by atoms with Gasteiger partial charge in [-0.05, 0) is 48.5 Å². The molecule has 0 fully saturated rings. The van der Waals surface area contributed by atoms with E-state index in [1.165, 1.54) is 26.0 Å². The molecule has 5 nitrogen and oxygen atoms in total. The molecule has 0 heterocycles. The SMILES string of the molecule is COC(=O)C(Sc1ccccc1N)/C(=C(\O)OC)[P+](c1ccccc1)(c1ccccc1)c1ccccc1. The summed E-state index contributed by atoms with van der Waals surface area (Å²) in [5, 5.41) is 13.9. The number of carbonyl (C=O) groups excluding carboxylic acids is 1. The lowest BCUT2D eigenvalue weighted by Crippen LogP contribution is -2.38. The fourth-order valence-corrected chi connectivity index (χ4v) is 10.5. The second-order valence-electron chi connectivity index (χ2n) is 8.13. The number of rotatable bonds is 9. The Bertz CT molecular complexity index is 1270. The van der Waals surface area contributed by atoms with Crippen molar-refractivity contribution in [1.82, 2.24) is 0 Å². The number of benzene rings is 4. The van der Waals surface area contributed by atoms with Crippen LogP contribution in [0.5, 0.6) is 0 Å². The lowest BCUT2D eigenvalue weighted by Gasteiger charge is -2.32. The molecule has 188 valence electrons. The van der Waals surface area contributed by atoms with Crippen LogP contribution >= 0.6 is 19.0 Å². The number of methoxy groups -OCH3 is 2. The average Bonchev–Trinajstić information content (AvgIpc) is 2.96. The van der Waals surface area contributed by atoms with Crippen LogP contribution in [0.1, 0.15) is 0 Å². The Hall–Kier alpha value is -3.73. The van der Waals surface area contributed by atoms with E-state index in [1.54, 1.807) is 6.07 Å². The number of ether oxygens (including phenoxy) is 2. The number of hydrogen-bond donors (Lipinski definition) is 2. The summed E-state index contributed by atoms with van der Waals surface area (Å²) in [5.41, 5.74) is 6.82. The van der Waals surface area contributed by atoms with Crippen molar-refractivity contribution in [2.45, 2.75) is 10.1 Å². The van der Waals surface area contributed by atoms with Gasteiger partial charge in [0.05, 0.1) is 14.2 Å². The van der Waals surface area contributed by atoms with E-state index in [2.05, 4.69) is 0 Å². The van der Waals surface area contributed by atoms with Crippen molar-refractivity contribution in [2.75, 3.05) is 20.0 Å². The summed E-state index contributed by atoms with van der Waals surface area (Å²) in [6.45, 7) is 0. The molecular weight excluding hydrogens is 501 g/mol. The molecule has 0 bridgehead atoms. The largest absolute Gasteiger partial charge is 0.478 e. The Balaban J connectivity index is 2.14. The Morgan fingerprint density at radius 3 is 1.57 bits per heavy atom. The predicted molar refractivity (Wildman–Crippen MR) is 154 cm³/mol. The Kier molecular flexibility index (Phi) is 8.54. The van der Waals surface area contributed by atoms with E-state index in [0.717, 1.165) is 15.9 Å². The van der Waals surface area contributed by atoms with Crippen molar-refractivity contribution < 1.29 is 19.4 Å². The molecule has 0 aliphatic rings. The molecule has 0 saturated heterocycles. The third-order valence-electron chi connectivity index (χ3n) is 6.03. The summed E-state index contributed by atoms with van der Waals surface area (Å²) >= 11 is 1.24. The maximum absolute atomic E-state index is 13.6. The highest BCUT2D eigenvalue weighted by Crippen LogP contribution is 2.66. The van der Waals surface area contributed by atoms with Crippen LogP contribution in [0, 0.1) is 0 Å². The smallest absolute Gasteiger partial charge is 0.327 e. The molecule has 0 saturated carbocycles. The monoisotopic (exact) mass is 530 g/mol. The van der Waals surface area contributed by atoms with Gasteiger partial charge in [0.15, 0.2) is 10.6 Å². The van der Waals surface area contributed by atoms with E-state index < -0.39 is 18.5 Å². The molecule has 37 heavy (non-hydrogen) atoms. The molecule has 0 aromatic heterocycles. The number of thioether (sulfide) groups is 1. The number of anilines is 1. The van der Waals surface area contributed by atoms with Crippen molar-refractivity contribution in [3.05, 3.63) is 127 Å². The zero-order valence-corrected chi connectivity index (χ0v) is 22.4. The molecule has 0 aliphatic heterocycles. The van der Waals surface area contributed by atoms with Crippen LogP contribution in [0.2, 0.25) is 0 Å². The van der Waals surface area contributed by atoms with E-state index in [0.29, 0.717) is 15.9 Å². The molecule has 4 rings (SSSR count). The van der Waals surface area contributed by atoms with Crippen LogP contribution in [0.4, 0.5) is 5.69 Å². The van der Waals surface area contributed by atoms with Crippen LogP contribution in [0.15, 0.2) is 131 Å². The van der Waals surface area contributed by atoms with Gasteiger partial charge in [-0.15, -0.1) is 11.8 Å². The predicted octanol–water partition coefficient (Wildman–Crippen LogP) is 5.27. The number of para-hydroxylation sites is 1. The number of aliphatic hydroxyl groups excluding tert-OH is 1. The summed E-state index contributed by atoms with van der Waals surface area (Å²) in [7, 11) is -0.119. The Morgan fingerprint density at radius 1 is 0.730 bits per heavy atom. The molecule has 0 aliphatic carbocycles. The average molecular weight is 531 g/mol. The third kappa shape index (κ3) is 5.22. The van der Waals surface area contributed by atoms with Gasteiger partial charge in [-0.25, -0.2) is 0 Å². The summed E-state index contributed by atoms with van der Waals surface area (Å²) in [5.74, 6) is -0.832. The van der Waals surface area contributed by atoms with E-state index in [1.807, 2.05) is 109 Å². The standard InChI is InChI=1S/C30H28NO4PS/c1-34-29(32)27(28(30(33)35-2)37-26-21-13-12-20-25(26)31)36(22-14-6-3-7-15-22,23-16-8-4-9-17-23)24-18-10-5-11-19-24/h3-21,28H,31H2,1-2H3/p+1/b29-27-. The van der Waals surface area contributed by atoms with E-state index in [-0.39, 0.29) is 5.95 Å². The number of nitrogens with two attached hydrogens (primary N) is 1. The molecule has 0 spiro atoms. The van der Waals surface area contributed by atoms with Gasteiger partial charge in [0.2, 0.25) is 0 Å². The molecule has 1 unspecified atom stereocenters. The summed E-state index contributed by atoms with van der Waals surface area (Å²) in [6.07, 6.45) is 0. The normalized spacial score (nSPS) is 12.8. The highest BCUT2D eigenvalue weighted by atomic mass is 32.2. The van der Waals surface area contributed by atoms with E-state index in [4.69, 9.17) is 15.2 Å². The second-order valence-corrected chi connectivity index (χ2v) is 12.7. The minimum absolute atomic E-state index is 0.317. The number of carbonyl (C=O) groups is 1. The number of hydrogen-bond acceptors (Lipinski definition) is 6. The molecular formula is C30H29NO4PS+. The summed E-state index contributed by atoms with van der Waals surface area (Å²) < 4.78 is 10.9. The van der Waals surface area contributed by atoms with Crippen LogP contribution in [-0.2, 0) is 14.3 Å². The highest BCUT2D eigenvalue weighted by Gasteiger charge is 2.57. The molecule has 7 heteroatoms. The van der Waals surface area contributed by atoms with Gasteiger partial charge >= 0.3 is 11.9 Å². The fourth-order valence-electron chi connectivity index (χ4n) is 4.39. The molecule has 0 amide bonds. The van der Waals surface area contributed by atoms with Gasteiger partial charge in [-0.2, -0.15) is 0 Å². The van der Waals surface area contributed by atoms with Crippen LogP contribution in [-0.4, -0.2) is 30.5 Å². The van der Waals surface area contributed by atoms with Crippen LogP contribution < -0.4 is 21.6 Å². The lowest BCUT2D eigenvalue weighted by molar-refractivity contribution is -0.139. The number of aliphatic hydroxyl groups is 1. The Morgan fingerprint density at radius 2 is 1.16 bits per heavy atom. The van der Waals surface area contributed by atoms with Crippen molar-refractivity contribution >= 4 is 46.6 Å². The molecule has 4 aromatic carbocycles. The number of nitrogen functional groups attached to an aromatic ring is 1. The van der Waals surface area contributed by atoms with E-state index >= 15 is 0 Å². The third-order valence-corrected chi connectivity index (χ3v) is 11.9. The molecule has 3 N–H and O–H groups in total. The first-order valence-corrected chi connectivity index (χ1v) is 14.3. The van der Waals surface area contributed by atoms with Gasteiger partial charge in [0.25, 0.3) is 0 Å². The molecule has 4 aromatic rings. The zero-order chi connectivity index (χ0) is 26.3. The van der Waals surface area contributed by atoms with Gasteiger partial charge in [-0.3, -0.25) is 4.79 Å². The first-order valence-electron chi connectivity index (χ1n) is 11.7. The summed E-state index contributed by atoms with van der Waals surface area (Å²) in [4.78, 5) is 14.3. The molecule has 1 atom stereocenters. The summed E-state index contributed by atoms with van der Waals surface area (Å²) in [6, 6.07) is 37.2. The van der Waals surface area contributed by atoms with E-state index in [9.17, 15) is 9.90 Å². The van der Waals surface area contributed by atoms with Crippen molar-refractivity contribution in [3.8, 4) is 0 Å². The zero-order valence-electron chi connectivity index (χ0n) is 20.7. The number of esters is 1. The maximum Gasteiger partial charge on any atom is 0.327 e.